The first-order valence-corrected chi connectivity index (χ1v) is 6.72. The van der Waals surface area contributed by atoms with Crippen LogP contribution in [0.15, 0.2) is 0 Å². The Morgan fingerprint density at radius 1 is 1.26 bits per heavy atom. The van der Waals surface area contributed by atoms with Crippen molar-refractivity contribution in [1.82, 2.24) is 15.1 Å². The molecule has 0 saturated carbocycles. The van der Waals surface area contributed by atoms with Gasteiger partial charge in [-0.15, -0.1) is 0 Å². The molecule has 3 atom stereocenters. The fraction of sp³-hybridized carbons (Fsp3) is 0.846. The van der Waals surface area contributed by atoms with Crippen molar-refractivity contribution in [1.29, 1.82) is 0 Å². The molecule has 6 heteroatoms. The minimum Gasteiger partial charge on any atom is -0.481 e. The molecule has 0 bridgehead atoms. The van der Waals surface area contributed by atoms with E-state index in [1.54, 1.807) is 13.8 Å². The molecule has 0 radical (unpaired) electrons. The Morgan fingerprint density at radius 2 is 1.89 bits per heavy atom. The van der Waals surface area contributed by atoms with E-state index in [9.17, 15) is 9.59 Å². The van der Waals surface area contributed by atoms with Gasteiger partial charge >= 0.3 is 5.97 Å². The molecular weight excluding hydrogens is 246 g/mol. The molecule has 2 N–H and O–H groups in total. The van der Waals surface area contributed by atoms with E-state index in [1.165, 1.54) is 0 Å². The molecular formula is C13H25N3O3. The fourth-order valence-electron chi connectivity index (χ4n) is 2.14. The number of rotatable bonds is 5. The average Bonchev–Trinajstić information content (AvgIpc) is 2.37. The summed E-state index contributed by atoms with van der Waals surface area (Å²) in [5.74, 6) is -2.29. The third kappa shape index (κ3) is 4.47. The summed E-state index contributed by atoms with van der Waals surface area (Å²) >= 11 is 0. The van der Waals surface area contributed by atoms with Gasteiger partial charge in [-0.25, -0.2) is 0 Å². The van der Waals surface area contributed by atoms with E-state index in [1.807, 2.05) is 7.05 Å². The van der Waals surface area contributed by atoms with Gasteiger partial charge in [0.05, 0.1) is 5.92 Å². The second kappa shape index (κ2) is 6.86. The number of aliphatic carboxylic acids is 1. The Morgan fingerprint density at radius 3 is 2.47 bits per heavy atom. The number of likely N-dealkylation sites (N-methyl/N-ethyl adjacent to an activating group) is 2. The van der Waals surface area contributed by atoms with Crippen LogP contribution in [0, 0.1) is 11.8 Å². The molecule has 6 nitrogen and oxygen atoms in total. The van der Waals surface area contributed by atoms with Gasteiger partial charge in [0.1, 0.15) is 0 Å². The first kappa shape index (κ1) is 15.9. The topological polar surface area (TPSA) is 72.9 Å². The number of hydrogen-bond donors (Lipinski definition) is 2. The van der Waals surface area contributed by atoms with Crippen LogP contribution in [0.2, 0.25) is 0 Å². The number of hydrogen-bond acceptors (Lipinski definition) is 4. The molecule has 1 aliphatic heterocycles. The lowest BCUT2D eigenvalue weighted by molar-refractivity contribution is -0.146. The molecule has 1 amide bonds. The zero-order chi connectivity index (χ0) is 14.6. The van der Waals surface area contributed by atoms with Gasteiger partial charge in [0.2, 0.25) is 5.91 Å². The normalized spacial score (nSPS) is 24.7. The van der Waals surface area contributed by atoms with Crippen molar-refractivity contribution in [3.05, 3.63) is 0 Å². The highest BCUT2D eigenvalue weighted by molar-refractivity contribution is 5.84. The smallest absolute Gasteiger partial charge is 0.307 e. The van der Waals surface area contributed by atoms with Crippen molar-refractivity contribution in [2.75, 3.05) is 40.3 Å². The van der Waals surface area contributed by atoms with Crippen molar-refractivity contribution < 1.29 is 14.7 Å². The summed E-state index contributed by atoms with van der Waals surface area (Å²) in [4.78, 5) is 27.2. The van der Waals surface area contributed by atoms with Gasteiger partial charge in [-0.2, -0.15) is 0 Å². The second-order valence-electron chi connectivity index (χ2n) is 5.56. The largest absolute Gasteiger partial charge is 0.481 e. The zero-order valence-corrected chi connectivity index (χ0v) is 12.2. The first-order valence-electron chi connectivity index (χ1n) is 6.72. The molecule has 1 rings (SSSR count). The van der Waals surface area contributed by atoms with E-state index in [-0.39, 0.29) is 11.9 Å². The number of amides is 1. The van der Waals surface area contributed by atoms with Crippen molar-refractivity contribution in [3.8, 4) is 0 Å². The highest BCUT2D eigenvalue weighted by Crippen LogP contribution is 2.11. The molecule has 0 aromatic carbocycles. The standard InChI is InChI=1S/C13H25N3O3/c1-9(10(2)13(18)19)12(17)14-7-11-8-15(3)5-6-16(11)4/h9-11H,5-8H2,1-4H3,(H,14,17)(H,18,19). The van der Waals surface area contributed by atoms with E-state index in [4.69, 9.17) is 5.11 Å². The lowest BCUT2D eigenvalue weighted by Crippen LogP contribution is -2.54. The van der Waals surface area contributed by atoms with E-state index in [0.717, 1.165) is 19.6 Å². The molecule has 0 spiro atoms. The van der Waals surface area contributed by atoms with Gasteiger partial charge in [0, 0.05) is 38.1 Å². The molecule has 3 unspecified atom stereocenters. The summed E-state index contributed by atoms with van der Waals surface area (Å²) in [7, 11) is 4.12. The van der Waals surface area contributed by atoms with Gasteiger partial charge < -0.3 is 15.3 Å². The highest BCUT2D eigenvalue weighted by Gasteiger charge is 2.27. The summed E-state index contributed by atoms with van der Waals surface area (Å²) in [5.41, 5.74) is 0. The maximum absolute atomic E-state index is 11.9. The molecule has 19 heavy (non-hydrogen) atoms. The van der Waals surface area contributed by atoms with Crippen LogP contribution in [0.5, 0.6) is 0 Å². The van der Waals surface area contributed by atoms with Crippen molar-refractivity contribution >= 4 is 11.9 Å². The van der Waals surface area contributed by atoms with E-state index < -0.39 is 17.8 Å². The zero-order valence-electron chi connectivity index (χ0n) is 12.2. The fourth-order valence-corrected chi connectivity index (χ4v) is 2.14. The van der Waals surface area contributed by atoms with Crippen molar-refractivity contribution in [3.63, 3.8) is 0 Å². The Labute approximate surface area is 114 Å². The second-order valence-corrected chi connectivity index (χ2v) is 5.56. The van der Waals surface area contributed by atoms with Crippen molar-refractivity contribution in [2.45, 2.75) is 19.9 Å². The Hall–Kier alpha value is -1.14. The SMILES string of the molecule is CC(C(=O)O)C(C)C(=O)NCC1CN(C)CCN1C. The minimum absolute atomic E-state index is 0.184. The number of carboxylic acids is 1. The Bertz CT molecular complexity index is 335. The van der Waals surface area contributed by atoms with Crippen LogP contribution < -0.4 is 5.32 Å². The van der Waals surface area contributed by atoms with Gasteiger partial charge in [-0.3, -0.25) is 14.5 Å². The maximum atomic E-state index is 11.9. The number of nitrogens with zero attached hydrogens (tertiary/aromatic N) is 2. The molecule has 1 fully saturated rings. The molecule has 0 aliphatic carbocycles. The average molecular weight is 271 g/mol. The molecule has 1 heterocycles. The first-order chi connectivity index (χ1) is 8.82. The predicted octanol–water partition coefficient (Wildman–Crippen LogP) is -0.295. The van der Waals surface area contributed by atoms with Crippen LogP contribution in [-0.4, -0.2) is 73.1 Å². The number of carboxylic acid groups (broad SMARTS) is 1. The molecule has 1 saturated heterocycles. The van der Waals surface area contributed by atoms with Crippen LogP contribution in [0.3, 0.4) is 0 Å². The highest BCUT2D eigenvalue weighted by atomic mass is 16.4. The summed E-state index contributed by atoms with van der Waals surface area (Å²) in [5, 5.41) is 11.8. The number of piperazine rings is 1. The van der Waals surface area contributed by atoms with Crippen LogP contribution in [0.25, 0.3) is 0 Å². The van der Waals surface area contributed by atoms with Gasteiger partial charge in [-0.05, 0) is 14.1 Å². The summed E-state index contributed by atoms with van der Waals surface area (Å²) in [6.07, 6.45) is 0. The van der Waals surface area contributed by atoms with Gasteiger partial charge in [0.15, 0.2) is 0 Å². The molecule has 0 aromatic heterocycles. The number of nitrogens with one attached hydrogen (secondary N) is 1. The summed E-state index contributed by atoms with van der Waals surface area (Å²) in [6, 6.07) is 0.287. The lowest BCUT2D eigenvalue weighted by Gasteiger charge is -2.37. The molecule has 110 valence electrons. The summed E-state index contributed by atoms with van der Waals surface area (Å²) < 4.78 is 0. The van der Waals surface area contributed by atoms with Gasteiger partial charge in [0.25, 0.3) is 0 Å². The third-order valence-electron chi connectivity index (χ3n) is 4.05. The Kier molecular flexibility index (Phi) is 5.75. The van der Waals surface area contributed by atoms with Crippen molar-refractivity contribution in [2.24, 2.45) is 11.8 Å². The quantitative estimate of drug-likeness (QED) is 0.718. The minimum atomic E-state index is -0.933. The maximum Gasteiger partial charge on any atom is 0.307 e. The third-order valence-corrected chi connectivity index (χ3v) is 4.05. The van der Waals surface area contributed by atoms with E-state index >= 15 is 0 Å². The summed E-state index contributed by atoms with van der Waals surface area (Å²) in [6.45, 7) is 6.72. The molecule has 0 aromatic rings. The van der Waals surface area contributed by atoms with Crippen LogP contribution in [0.1, 0.15) is 13.8 Å². The van der Waals surface area contributed by atoms with Crippen LogP contribution in [-0.2, 0) is 9.59 Å². The lowest BCUT2D eigenvalue weighted by atomic mass is 9.95. The number of carbonyl (C=O) groups excluding carboxylic acids is 1. The van der Waals surface area contributed by atoms with Gasteiger partial charge in [-0.1, -0.05) is 13.8 Å². The predicted molar refractivity (Wildman–Crippen MR) is 72.9 cm³/mol. The number of carbonyl (C=O) groups is 2. The van der Waals surface area contributed by atoms with E-state index in [2.05, 4.69) is 22.2 Å². The monoisotopic (exact) mass is 271 g/mol. The van der Waals surface area contributed by atoms with E-state index in [0.29, 0.717) is 6.54 Å². The van der Waals surface area contributed by atoms with Crippen LogP contribution >= 0.6 is 0 Å². The van der Waals surface area contributed by atoms with Crippen LogP contribution in [0.4, 0.5) is 0 Å². The Balaban J connectivity index is 2.43. The molecule has 1 aliphatic rings.